The number of nitro groups is 1. The number of aromatic nitrogens is 1. The second-order valence-electron chi connectivity index (χ2n) is 3.77. The van der Waals surface area contributed by atoms with Crippen LogP contribution in [0.3, 0.4) is 0 Å². The quantitative estimate of drug-likeness (QED) is 0.696. The summed E-state index contributed by atoms with van der Waals surface area (Å²) in [4.78, 5) is 25.5. The molecule has 20 heavy (non-hydrogen) atoms. The zero-order chi connectivity index (χ0) is 14.7. The molecule has 0 bridgehead atoms. The van der Waals surface area contributed by atoms with E-state index in [0.29, 0.717) is 0 Å². The average Bonchev–Trinajstić information content (AvgIpc) is 2.38. The van der Waals surface area contributed by atoms with Gasteiger partial charge in [-0.3, -0.25) is 19.9 Å². The van der Waals surface area contributed by atoms with Crippen LogP contribution in [0.5, 0.6) is 0 Å². The number of carbonyl (C=O) groups is 1. The number of anilines is 1. The molecule has 0 aliphatic heterocycles. The Bertz CT molecular complexity index is 693. The van der Waals surface area contributed by atoms with E-state index in [1.165, 1.54) is 18.3 Å². The predicted octanol–water partition coefficient (Wildman–Crippen LogP) is 3.03. The van der Waals surface area contributed by atoms with Crippen LogP contribution in [0, 0.1) is 15.9 Å². The van der Waals surface area contributed by atoms with Gasteiger partial charge in [0.15, 0.2) is 0 Å². The van der Waals surface area contributed by atoms with Crippen molar-refractivity contribution in [3.8, 4) is 0 Å². The van der Waals surface area contributed by atoms with Crippen LogP contribution < -0.4 is 5.32 Å². The number of nitrogens with one attached hydrogen (secondary N) is 1. The van der Waals surface area contributed by atoms with Gasteiger partial charge in [-0.15, -0.1) is 0 Å². The Balaban J connectivity index is 2.29. The molecule has 0 saturated heterocycles. The Kier molecular flexibility index (Phi) is 3.90. The highest BCUT2D eigenvalue weighted by Gasteiger charge is 2.16. The molecule has 0 fully saturated rings. The summed E-state index contributed by atoms with van der Waals surface area (Å²) in [6.07, 6.45) is 2.22. The Labute approximate surface area is 117 Å². The third-order valence-electron chi connectivity index (χ3n) is 2.37. The summed E-state index contributed by atoms with van der Waals surface area (Å²) in [6, 6.07) is 4.54. The number of carbonyl (C=O) groups excluding carboxylic acids is 1. The van der Waals surface area contributed by atoms with Crippen LogP contribution in [0.4, 0.5) is 15.8 Å². The van der Waals surface area contributed by atoms with Gasteiger partial charge in [0.25, 0.3) is 11.6 Å². The number of rotatable bonds is 3. The van der Waals surface area contributed by atoms with Crippen LogP contribution in [-0.2, 0) is 0 Å². The highest BCUT2D eigenvalue weighted by molar-refractivity contribution is 6.34. The van der Waals surface area contributed by atoms with Crippen molar-refractivity contribution in [2.24, 2.45) is 0 Å². The van der Waals surface area contributed by atoms with Gasteiger partial charge < -0.3 is 5.32 Å². The van der Waals surface area contributed by atoms with Crippen molar-refractivity contribution in [3.05, 3.63) is 63.2 Å². The first kappa shape index (κ1) is 13.9. The Morgan fingerprint density at radius 1 is 1.35 bits per heavy atom. The zero-order valence-corrected chi connectivity index (χ0v) is 10.6. The van der Waals surface area contributed by atoms with E-state index < -0.39 is 16.6 Å². The molecule has 2 rings (SSSR count). The Hall–Kier alpha value is -2.54. The van der Waals surface area contributed by atoms with E-state index in [0.717, 1.165) is 18.3 Å². The molecule has 0 aliphatic carbocycles. The molecule has 1 aromatic heterocycles. The lowest BCUT2D eigenvalue weighted by molar-refractivity contribution is -0.384. The maximum atomic E-state index is 12.9. The molecular weight excluding hydrogens is 289 g/mol. The van der Waals surface area contributed by atoms with Crippen LogP contribution in [0.25, 0.3) is 0 Å². The van der Waals surface area contributed by atoms with Crippen LogP contribution in [0.1, 0.15) is 10.4 Å². The van der Waals surface area contributed by atoms with Gasteiger partial charge in [0, 0.05) is 18.2 Å². The van der Waals surface area contributed by atoms with Crippen molar-refractivity contribution in [1.82, 2.24) is 4.98 Å². The van der Waals surface area contributed by atoms with E-state index in [9.17, 15) is 19.3 Å². The molecule has 0 unspecified atom stereocenters. The molecule has 1 N–H and O–H groups in total. The minimum Gasteiger partial charge on any atom is -0.320 e. The first-order valence-electron chi connectivity index (χ1n) is 5.33. The third kappa shape index (κ3) is 3.07. The third-order valence-corrected chi connectivity index (χ3v) is 2.70. The molecule has 1 heterocycles. The number of nitro benzene ring substituents is 1. The number of hydrogen-bond donors (Lipinski definition) is 1. The normalized spacial score (nSPS) is 10.1. The summed E-state index contributed by atoms with van der Waals surface area (Å²) in [5.74, 6) is -1.31. The van der Waals surface area contributed by atoms with Crippen molar-refractivity contribution < 1.29 is 14.1 Å². The van der Waals surface area contributed by atoms with Crippen molar-refractivity contribution in [2.75, 3.05) is 5.32 Å². The topological polar surface area (TPSA) is 85.1 Å². The Morgan fingerprint density at radius 2 is 2.10 bits per heavy atom. The first-order chi connectivity index (χ1) is 9.47. The molecule has 6 nitrogen and oxygen atoms in total. The van der Waals surface area contributed by atoms with E-state index in [1.807, 2.05) is 0 Å². The summed E-state index contributed by atoms with van der Waals surface area (Å²) >= 11 is 5.82. The fourth-order valence-electron chi connectivity index (χ4n) is 1.48. The summed E-state index contributed by atoms with van der Waals surface area (Å²) < 4.78 is 12.9. The number of halogens is 2. The number of amides is 1. The van der Waals surface area contributed by atoms with Gasteiger partial charge in [0.2, 0.25) is 0 Å². The van der Waals surface area contributed by atoms with Gasteiger partial charge in [-0.25, -0.2) is 4.39 Å². The van der Waals surface area contributed by atoms with Gasteiger partial charge in [-0.05, 0) is 6.07 Å². The lowest BCUT2D eigenvalue weighted by Gasteiger charge is -2.06. The minimum absolute atomic E-state index is 0.0532. The predicted molar refractivity (Wildman–Crippen MR) is 70.3 cm³/mol. The summed E-state index contributed by atoms with van der Waals surface area (Å²) in [5.41, 5.74) is -0.223. The molecule has 102 valence electrons. The second kappa shape index (κ2) is 5.62. The maximum Gasteiger partial charge on any atom is 0.270 e. The molecular formula is C12H7ClFN3O3. The number of benzene rings is 1. The van der Waals surface area contributed by atoms with Crippen LogP contribution in [-0.4, -0.2) is 15.8 Å². The maximum absolute atomic E-state index is 12.9. The van der Waals surface area contributed by atoms with Crippen molar-refractivity contribution >= 4 is 28.9 Å². The average molecular weight is 296 g/mol. The minimum atomic E-state index is -0.689. The molecule has 8 heteroatoms. The Morgan fingerprint density at radius 3 is 2.75 bits per heavy atom. The highest BCUT2D eigenvalue weighted by Crippen LogP contribution is 2.23. The van der Waals surface area contributed by atoms with E-state index in [4.69, 9.17) is 11.6 Å². The SMILES string of the molecule is O=C(Nc1cncc(F)c1)c1cc([N+](=O)[O-])ccc1Cl. The van der Waals surface area contributed by atoms with Crippen LogP contribution in [0.2, 0.25) is 5.02 Å². The molecule has 2 aromatic rings. The van der Waals surface area contributed by atoms with Crippen LogP contribution >= 0.6 is 11.6 Å². The van der Waals surface area contributed by atoms with Crippen molar-refractivity contribution in [3.63, 3.8) is 0 Å². The van der Waals surface area contributed by atoms with Crippen LogP contribution in [0.15, 0.2) is 36.7 Å². The largest absolute Gasteiger partial charge is 0.320 e. The standard InChI is InChI=1S/C12H7ClFN3O3/c13-11-2-1-9(17(19)20)4-10(11)12(18)16-8-3-7(14)5-15-6-8/h1-6H,(H,16,18). The fourth-order valence-corrected chi connectivity index (χ4v) is 1.68. The fraction of sp³-hybridized carbons (Fsp3) is 0. The van der Waals surface area contributed by atoms with E-state index in [-0.39, 0.29) is 22.0 Å². The monoisotopic (exact) mass is 295 g/mol. The smallest absolute Gasteiger partial charge is 0.270 e. The molecule has 0 atom stereocenters. The number of non-ortho nitro benzene ring substituents is 1. The molecule has 1 aromatic carbocycles. The summed E-state index contributed by atoms with van der Waals surface area (Å²) in [6.45, 7) is 0. The van der Waals surface area contributed by atoms with Gasteiger partial charge in [-0.2, -0.15) is 0 Å². The number of nitrogens with zero attached hydrogens (tertiary/aromatic N) is 2. The number of pyridine rings is 1. The molecule has 1 amide bonds. The lowest BCUT2D eigenvalue weighted by Crippen LogP contribution is -2.13. The zero-order valence-electron chi connectivity index (χ0n) is 9.84. The van der Waals surface area contributed by atoms with E-state index in [1.54, 1.807) is 0 Å². The van der Waals surface area contributed by atoms with E-state index >= 15 is 0 Å². The van der Waals surface area contributed by atoms with E-state index in [2.05, 4.69) is 10.3 Å². The van der Waals surface area contributed by atoms with Crippen molar-refractivity contribution in [2.45, 2.75) is 0 Å². The second-order valence-corrected chi connectivity index (χ2v) is 4.17. The number of hydrogen-bond acceptors (Lipinski definition) is 4. The van der Waals surface area contributed by atoms with Gasteiger partial charge in [0.05, 0.1) is 33.6 Å². The van der Waals surface area contributed by atoms with Crippen molar-refractivity contribution in [1.29, 1.82) is 0 Å². The molecule has 0 aliphatic rings. The highest BCUT2D eigenvalue weighted by atomic mass is 35.5. The lowest BCUT2D eigenvalue weighted by atomic mass is 10.2. The molecule has 0 saturated carbocycles. The van der Waals surface area contributed by atoms with Gasteiger partial charge >= 0.3 is 0 Å². The van der Waals surface area contributed by atoms with Gasteiger partial charge in [0.1, 0.15) is 5.82 Å². The molecule has 0 radical (unpaired) electrons. The summed E-state index contributed by atoms with van der Waals surface area (Å²) in [5, 5.41) is 13.1. The molecule has 0 spiro atoms. The summed E-state index contributed by atoms with van der Waals surface area (Å²) in [7, 11) is 0. The van der Waals surface area contributed by atoms with Gasteiger partial charge in [-0.1, -0.05) is 11.6 Å². The first-order valence-corrected chi connectivity index (χ1v) is 5.71.